The Balaban J connectivity index is 1.54. The second kappa shape index (κ2) is 9.11. The number of anilines is 1. The van der Waals surface area contributed by atoms with Gasteiger partial charge in [0.25, 0.3) is 0 Å². The first-order chi connectivity index (χ1) is 13.1. The van der Waals surface area contributed by atoms with Gasteiger partial charge in [0, 0.05) is 30.9 Å². The molecule has 0 spiro atoms. The van der Waals surface area contributed by atoms with Crippen LogP contribution < -0.4 is 15.4 Å². The second-order valence-electron chi connectivity index (χ2n) is 7.82. The van der Waals surface area contributed by atoms with Crippen molar-refractivity contribution in [2.24, 2.45) is 11.8 Å². The van der Waals surface area contributed by atoms with E-state index in [1.54, 1.807) is 18.1 Å². The normalized spacial score (nSPS) is 25.6. The maximum Gasteiger partial charge on any atom is 0.321 e. The minimum atomic E-state index is -0.160. The van der Waals surface area contributed by atoms with E-state index in [4.69, 9.17) is 4.74 Å². The number of methoxy groups -OCH3 is 1. The lowest BCUT2D eigenvalue weighted by Crippen LogP contribution is -2.50. The molecule has 1 saturated carbocycles. The van der Waals surface area contributed by atoms with Gasteiger partial charge in [-0.15, -0.1) is 0 Å². The number of carbonyl (C=O) groups excluding carboxylic acids is 2. The van der Waals surface area contributed by atoms with Crippen LogP contribution in [0, 0.1) is 11.8 Å². The van der Waals surface area contributed by atoms with E-state index in [2.05, 4.69) is 17.6 Å². The van der Waals surface area contributed by atoms with Crippen molar-refractivity contribution in [3.63, 3.8) is 0 Å². The van der Waals surface area contributed by atoms with Crippen molar-refractivity contribution < 1.29 is 14.3 Å². The molecule has 0 unspecified atom stereocenters. The first kappa shape index (κ1) is 19.5. The van der Waals surface area contributed by atoms with E-state index in [9.17, 15) is 9.59 Å². The molecule has 6 nitrogen and oxygen atoms in total. The summed E-state index contributed by atoms with van der Waals surface area (Å²) in [6, 6.07) is 7.42. The summed E-state index contributed by atoms with van der Waals surface area (Å²) in [5.41, 5.74) is 0.696. The lowest BCUT2D eigenvalue weighted by molar-refractivity contribution is -0.127. The highest BCUT2D eigenvalue weighted by Gasteiger charge is 2.31. The number of benzene rings is 1. The molecule has 1 heterocycles. The van der Waals surface area contributed by atoms with Crippen LogP contribution in [0.25, 0.3) is 0 Å². The number of ether oxygens (including phenoxy) is 1. The lowest BCUT2D eigenvalue weighted by Gasteiger charge is -2.35. The number of carbonyl (C=O) groups is 2. The topological polar surface area (TPSA) is 70.7 Å². The van der Waals surface area contributed by atoms with E-state index in [-0.39, 0.29) is 23.9 Å². The van der Waals surface area contributed by atoms with Gasteiger partial charge in [-0.05, 0) is 43.7 Å². The SMILES string of the molecule is COc1cccc(NC(=O)N2CCC[C@@H](C(=O)N[C@@H]3CCCC[C@@H]3C)C2)c1. The van der Waals surface area contributed by atoms with Gasteiger partial charge in [-0.1, -0.05) is 25.8 Å². The summed E-state index contributed by atoms with van der Waals surface area (Å²) in [5.74, 6) is 1.22. The summed E-state index contributed by atoms with van der Waals surface area (Å²) in [4.78, 5) is 27.1. The molecule has 0 radical (unpaired) electrons. The molecule has 1 aromatic carbocycles. The molecule has 1 saturated heterocycles. The summed E-state index contributed by atoms with van der Waals surface area (Å²) in [7, 11) is 1.60. The monoisotopic (exact) mass is 373 g/mol. The van der Waals surface area contributed by atoms with Crippen molar-refractivity contribution in [3.8, 4) is 5.75 Å². The predicted molar refractivity (Wildman–Crippen MR) is 106 cm³/mol. The average molecular weight is 373 g/mol. The molecule has 0 aromatic heterocycles. The highest BCUT2D eigenvalue weighted by molar-refractivity contribution is 5.90. The maximum atomic E-state index is 12.7. The van der Waals surface area contributed by atoms with Crippen LogP contribution in [0.5, 0.6) is 5.75 Å². The summed E-state index contributed by atoms with van der Waals surface area (Å²) in [6.07, 6.45) is 6.40. The van der Waals surface area contributed by atoms with Crippen LogP contribution in [0.3, 0.4) is 0 Å². The predicted octanol–water partition coefficient (Wildman–Crippen LogP) is 3.63. The van der Waals surface area contributed by atoms with Crippen LogP contribution >= 0.6 is 0 Å². The van der Waals surface area contributed by atoms with Crippen LogP contribution in [0.1, 0.15) is 45.4 Å². The smallest absolute Gasteiger partial charge is 0.321 e. The fourth-order valence-corrected chi connectivity index (χ4v) is 4.11. The van der Waals surface area contributed by atoms with Gasteiger partial charge in [0.05, 0.1) is 13.0 Å². The Bertz CT molecular complexity index is 664. The molecule has 2 N–H and O–H groups in total. The number of amides is 3. The van der Waals surface area contributed by atoms with Gasteiger partial charge in [-0.2, -0.15) is 0 Å². The molecular weight excluding hydrogens is 342 g/mol. The molecule has 6 heteroatoms. The summed E-state index contributed by atoms with van der Waals surface area (Å²) in [6.45, 7) is 3.38. The van der Waals surface area contributed by atoms with Gasteiger partial charge in [-0.3, -0.25) is 4.79 Å². The van der Waals surface area contributed by atoms with Crippen LogP contribution in [-0.4, -0.2) is 43.1 Å². The summed E-state index contributed by atoms with van der Waals surface area (Å²) < 4.78 is 5.19. The zero-order valence-corrected chi connectivity index (χ0v) is 16.4. The van der Waals surface area contributed by atoms with Crippen molar-refractivity contribution in [2.45, 2.75) is 51.5 Å². The number of piperidine rings is 1. The summed E-state index contributed by atoms with van der Waals surface area (Å²) >= 11 is 0. The number of rotatable bonds is 4. The maximum absolute atomic E-state index is 12.7. The van der Waals surface area contributed by atoms with Crippen LogP contribution in [0.4, 0.5) is 10.5 Å². The van der Waals surface area contributed by atoms with Crippen LogP contribution in [-0.2, 0) is 4.79 Å². The Morgan fingerprint density at radius 3 is 2.74 bits per heavy atom. The van der Waals surface area contributed by atoms with Crippen molar-refractivity contribution >= 4 is 17.6 Å². The third-order valence-electron chi connectivity index (χ3n) is 5.84. The van der Waals surface area contributed by atoms with Crippen molar-refractivity contribution in [2.75, 3.05) is 25.5 Å². The van der Waals surface area contributed by atoms with E-state index >= 15 is 0 Å². The van der Waals surface area contributed by atoms with E-state index in [1.807, 2.05) is 18.2 Å². The Labute approximate surface area is 161 Å². The first-order valence-corrected chi connectivity index (χ1v) is 10.1. The molecule has 3 atom stereocenters. The zero-order chi connectivity index (χ0) is 19.2. The van der Waals surface area contributed by atoms with E-state index < -0.39 is 0 Å². The Kier molecular flexibility index (Phi) is 6.58. The Morgan fingerprint density at radius 1 is 1.15 bits per heavy atom. The quantitative estimate of drug-likeness (QED) is 0.847. The van der Waals surface area contributed by atoms with Gasteiger partial charge in [-0.25, -0.2) is 4.79 Å². The number of hydrogen-bond donors (Lipinski definition) is 2. The molecule has 0 bridgehead atoms. The second-order valence-corrected chi connectivity index (χ2v) is 7.82. The Hall–Kier alpha value is -2.24. The number of urea groups is 1. The average Bonchev–Trinajstić information content (AvgIpc) is 2.70. The molecule has 27 heavy (non-hydrogen) atoms. The molecule has 1 aliphatic heterocycles. The lowest BCUT2D eigenvalue weighted by atomic mass is 9.85. The molecule has 1 aromatic rings. The minimum Gasteiger partial charge on any atom is -0.497 e. The Morgan fingerprint density at radius 2 is 1.96 bits per heavy atom. The molecule has 3 rings (SSSR count). The molecule has 2 aliphatic rings. The summed E-state index contributed by atoms with van der Waals surface area (Å²) in [5, 5.41) is 6.16. The van der Waals surface area contributed by atoms with E-state index in [0.29, 0.717) is 30.4 Å². The number of likely N-dealkylation sites (tertiary alicyclic amines) is 1. The largest absolute Gasteiger partial charge is 0.497 e. The molecule has 1 aliphatic carbocycles. The minimum absolute atomic E-state index is 0.104. The zero-order valence-electron chi connectivity index (χ0n) is 16.4. The van der Waals surface area contributed by atoms with E-state index in [0.717, 1.165) is 19.3 Å². The van der Waals surface area contributed by atoms with Gasteiger partial charge in [0.1, 0.15) is 5.75 Å². The van der Waals surface area contributed by atoms with Gasteiger partial charge in [0.2, 0.25) is 5.91 Å². The number of nitrogens with one attached hydrogen (secondary N) is 2. The third kappa shape index (κ3) is 5.15. The fourth-order valence-electron chi connectivity index (χ4n) is 4.11. The molecule has 2 fully saturated rings. The van der Waals surface area contributed by atoms with Crippen molar-refractivity contribution in [3.05, 3.63) is 24.3 Å². The van der Waals surface area contributed by atoms with Crippen molar-refractivity contribution in [1.82, 2.24) is 10.2 Å². The van der Waals surface area contributed by atoms with Crippen LogP contribution in [0.15, 0.2) is 24.3 Å². The third-order valence-corrected chi connectivity index (χ3v) is 5.84. The molecule has 148 valence electrons. The van der Waals surface area contributed by atoms with Crippen molar-refractivity contribution in [1.29, 1.82) is 0 Å². The van der Waals surface area contributed by atoms with E-state index in [1.165, 1.54) is 19.3 Å². The highest BCUT2D eigenvalue weighted by Crippen LogP contribution is 2.25. The standard InChI is InChI=1S/C21H31N3O3/c1-15-7-3-4-11-19(15)23-20(25)16-8-6-12-24(14-16)21(26)22-17-9-5-10-18(13-17)27-2/h5,9-10,13,15-16,19H,3-4,6-8,11-12,14H2,1-2H3,(H,22,26)(H,23,25)/t15-,16+,19+/m0/s1. The van der Waals surface area contributed by atoms with Gasteiger partial charge >= 0.3 is 6.03 Å². The fraction of sp³-hybridized carbons (Fsp3) is 0.619. The number of hydrogen-bond acceptors (Lipinski definition) is 3. The highest BCUT2D eigenvalue weighted by atomic mass is 16.5. The first-order valence-electron chi connectivity index (χ1n) is 10.1. The molecule has 3 amide bonds. The molecular formula is C21H31N3O3. The van der Waals surface area contributed by atoms with Gasteiger partial charge in [0.15, 0.2) is 0 Å². The number of nitrogens with zero attached hydrogens (tertiary/aromatic N) is 1. The van der Waals surface area contributed by atoms with Gasteiger partial charge < -0.3 is 20.3 Å². The van der Waals surface area contributed by atoms with Crippen LogP contribution in [0.2, 0.25) is 0 Å².